The molecule has 144 valence electrons. The van der Waals surface area contributed by atoms with Gasteiger partial charge in [0.15, 0.2) is 4.34 Å². The van der Waals surface area contributed by atoms with Crippen LogP contribution in [0.4, 0.5) is 0 Å². The molecule has 1 aromatic carbocycles. The fraction of sp³-hybridized carbons (Fsp3) is 0.600. The summed E-state index contributed by atoms with van der Waals surface area (Å²) in [5.74, 6) is 0.540. The van der Waals surface area contributed by atoms with E-state index in [9.17, 15) is 4.79 Å². The van der Waals surface area contributed by atoms with Gasteiger partial charge in [-0.25, -0.2) is 4.98 Å². The molecule has 0 aliphatic carbocycles. The number of thioether (sulfide) groups is 1. The Hall–Kier alpha value is -1.11. The van der Waals surface area contributed by atoms with E-state index in [1.807, 2.05) is 18.2 Å². The number of unbranched alkanes of at least 4 members (excludes halogenated alkanes) is 2. The molecule has 1 N–H and O–H groups in total. The second kappa shape index (κ2) is 12.3. The van der Waals surface area contributed by atoms with Gasteiger partial charge < -0.3 is 10.2 Å². The number of hydrogen-bond acceptors (Lipinski definition) is 5. The van der Waals surface area contributed by atoms with Crippen LogP contribution in [-0.2, 0) is 4.79 Å². The minimum Gasteiger partial charge on any atom is -0.355 e. The zero-order chi connectivity index (χ0) is 18.6. The lowest BCUT2D eigenvalue weighted by Crippen LogP contribution is -2.32. The summed E-state index contributed by atoms with van der Waals surface area (Å²) in [6.07, 6.45) is 6.01. The Morgan fingerprint density at radius 3 is 2.50 bits per heavy atom. The average Bonchev–Trinajstić information content (AvgIpc) is 3.08. The van der Waals surface area contributed by atoms with Gasteiger partial charge in [0.1, 0.15) is 0 Å². The molecule has 0 radical (unpaired) electrons. The van der Waals surface area contributed by atoms with Crippen molar-refractivity contribution in [1.29, 1.82) is 0 Å². The van der Waals surface area contributed by atoms with Gasteiger partial charge in [0.05, 0.1) is 16.0 Å². The Kier molecular flexibility index (Phi) is 10.0. The van der Waals surface area contributed by atoms with E-state index in [1.165, 1.54) is 55.2 Å². The molecule has 2 aromatic rings. The highest BCUT2D eigenvalue weighted by Crippen LogP contribution is 2.28. The molecule has 0 aliphatic rings. The number of benzene rings is 1. The Balaban J connectivity index is 1.63. The monoisotopic (exact) mass is 393 g/mol. The quantitative estimate of drug-likeness (QED) is 0.392. The van der Waals surface area contributed by atoms with Crippen molar-refractivity contribution in [3.8, 4) is 0 Å². The molecular weight excluding hydrogens is 362 g/mol. The van der Waals surface area contributed by atoms with Gasteiger partial charge >= 0.3 is 0 Å². The highest BCUT2D eigenvalue weighted by atomic mass is 32.2. The number of nitrogens with zero attached hydrogens (tertiary/aromatic N) is 2. The van der Waals surface area contributed by atoms with Crippen LogP contribution in [0, 0.1) is 0 Å². The molecule has 0 saturated carbocycles. The summed E-state index contributed by atoms with van der Waals surface area (Å²) >= 11 is 3.18. The molecule has 4 nitrogen and oxygen atoms in total. The fourth-order valence-corrected chi connectivity index (χ4v) is 4.62. The average molecular weight is 394 g/mol. The van der Waals surface area contributed by atoms with Gasteiger partial charge in [0.25, 0.3) is 0 Å². The normalized spacial score (nSPS) is 11.3. The van der Waals surface area contributed by atoms with Crippen molar-refractivity contribution < 1.29 is 4.79 Å². The molecule has 0 unspecified atom stereocenters. The first-order valence-corrected chi connectivity index (χ1v) is 11.5. The lowest BCUT2D eigenvalue weighted by atomic mass is 10.2. The van der Waals surface area contributed by atoms with E-state index >= 15 is 0 Å². The Morgan fingerprint density at radius 1 is 1.12 bits per heavy atom. The summed E-state index contributed by atoms with van der Waals surface area (Å²) in [6, 6.07) is 8.10. The molecule has 0 saturated heterocycles. The van der Waals surface area contributed by atoms with Crippen LogP contribution >= 0.6 is 23.1 Å². The number of carbonyl (C=O) groups excluding carboxylic acids is 1. The van der Waals surface area contributed by atoms with Gasteiger partial charge in [0.2, 0.25) is 5.91 Å². The van der Waals surface area contributed by atoms with Crippen LogP contribution in [0.1, 0.15) is 46.0 Å². The van der Waals surface area contributed by atoms with Crippen LogP contribution in [0.5, 0.6) is 0 Å². The Labute approximate surface area is 165 Å². The molecule has 26 heavy (non-hydrogen) atoms. The van der Waals surface area contributed by atoms with E-state index in [1.54, 1.807) is 11.3 Å². The third kappa shape index (κ3) is 7.64. The zero-order valence-corrected chi connectivity index (χ0v) is 17.6. The number of nitrogens with one attached hydrogen (secondary N) is 1. The number of hydrogen-bond donors (Lipinski definition) is 1. The molecule has 0 aliphatic heterocycles. The summed E-state index contributed by atoms with van der Waals surface area (Å²) in [7, 11) is 0. The number of aromatic nitrogens is 1. The van der Waals surface area contributed by atoms with Crippen molar-refractivity contribution in [3.63, 3.8) is 0 Å². The maximum Gasteiger partial charge on any atom is 0.230 e. The SMILES string of the molecule is CCCCN(CCCC)CCCNC(=O)CSc1nc2ccccc2s1. The number of thiazole rings is 1. The van der Waals surface area contributed by atoms with E-state index < -0.39 is 0 Å². The standard InChI is InChI=1S/C20H31N3OS2/c1-3-5-13-23(14-6-4-2)15-9-12-21-19(24)16-25-20-22-17-10-7-8-11-18(17)26-20/h7-8,10-11H,3-6,9,12-16H2,1-2H3,(H,21,24). The number of fused-ring (bicyclic) bond motifs is 1. The van der Waals surface area contributed by atoms with Crippen LogP contribution in [0.2, 0.25) is 0 Å². The van der Waals surface area contributed by atoms with Crippen molar-refractivity contribution in [3.05, 3.63) is 24.3 Å². The second-order valence-corrected chi connectivity index (χ2v) is 8.74. The van der Waals surface area contributed by atoms with Crippen molar-refractivity contribution in [1.82, 2.24) is 15.2 Å². The molecular formula is C20H31N3OS2. The highest BCUT2D eigenvalue weighted by Gasteiger charge is 2.08. The predicted molar refractivity (Wildman–Crippen MR) is 114 cm³/mol. The molecule has 0 bridgehead atoms. The Morgan fingerprint density at radius 2 is 1.81 bits per heavy atom. The maximum absolute atomic E-state index is 12.1. The fourth-order valence-electron chi connectivity index (χ4n) is 2.72. The van der Waals surface area contributed by atoms with Gasteiger partial charge in [-0.15, -0.1) is 11.3 Å². The smallest absolute Gasteiger partial charge is 0.230 e. The van der Waals surface area contributed by atoms with E-state index in [-0.39, 0.29) is 5.91 Å². The highest BCUT2D eigenvalue weighted by molar-refractivity contribution is 8.01. The van der Waals surface area contributed by atoms with E-state index in [2.05, 4.69) is 35.1 Å². The molecule has 1 aromatic heterocycles. The number of para-hydroxylation sites is 1. The molecule has 0 atom stereocenters. The van der Waals surface area contributed by atoms with Crippen LogP contribution in [-0.4, -0.2) is 47.7 Å². The van der Waals surface area contributed by atoms with Gasteiger partial charge in [-0.3, -0.25) is 4.79 Å². The van der Waals surface area contributed by atoms with Gasteiger partial charge in [-0.05, 0) is 51.0 Å². The minimum absolute atomic E-state index is 0.0999. The molecule has 6 heteroatoms. The van der Waals surface area contributed by atoms with Crippen LogP contribution in [0.25, 0.3) is 10.2 Å². The summed E-state index contributed by atoms with van der Waals surface area (Å²) in [5.41, 5.74) is 1.01. The summed E-state index contributed by atoms with van der Waals surface area (Å²) in [4.78, 5) is 19.1. The van der Waals surface area contributed by atoms with Crippen LogP contribution in [0.15, 0.2) is 28.6 Å². The first-order chi connectivity index (χ1) is 12.7. The Bertz CT molecular complexity index is 618. The van der Waals surface area contributed by atoms with E-state index in [0.717, 1.165) is 29.4 Å². The van der Waals surface area contributed by atoms with Crippen LogP contribution in [0.3, 0.4) is 0 Å². The summed E-state index contributed by atoms with van der Waals surface area (Å²) in [6.45, 7) is 8.66. The summed E-state index contributed by atoms with van der Waals surface area (Å²) in [5, 5.41) is 3.04. The van der Waals surface area contributed by atoms with Crippen molar-refractivity contribution in [2.75, 3.05) is 31.9 Å². The topological polar surface area (TPSA) is 45.2 Å². The first kappa shape index (κ1) is 21.2. The van der Waals surface area contributed by atoms with Gasteiger partial charge in [0, 0.05) is 6.54 Å². The van der Waals surface area contributed by atoms with Crippen molar-refractivity contribution in [2.24, 2.45) is 0 Å². The zero-order valence-electron chi connectivity index (χ0n) is 16.0. The maximum atomic E-state index is 12.1. The number of amides is 1. The third-order valence-electron chi connectivity index (χ3n) is 4.23. The number of rotatable bonds is 13. The summed E-state index contributed by atoms with van der Waals surface area (Å²) < 4.78 is 2.14. The predicted octanol–water partition coefficient (Wildman–Crippen LogP) is 4.80. The largest absolute Gasteiger partial charge is 0.355 e. The molecule has 1 heterocycles. The van der Waals surface area contributed by atoms with E-state index in [4.69, 9.17) is 0 Å². The second-order valence-electron chi connectivity index (χ2n) is 6.49. The lowest BCUT2D eigenvalue weighted by Gasteiger charge is -2.21. The third-order valence-corrected chi connectivity index (χ3v) is 6.41. The minimum atomic E-state index is 0.0999. The molecule has 1 amide bonds. The molecule has 0 fully saturated rings. The molecule has 0 spiro atoms. The van der Waals surface area contributed by atoms with Gasteiger partial charge in [-0.1, -0.05) is 50.6 Å². The van der Waals surface area contributed by atoms with E-state index in [0.29, 0.717) is 5.75 Å². The van der Waals surface area contributed by atoms with Gasteiger partial charge in [-0.2, -0.15) is 0 Å². The lowest BCUT2D eigenvalue weighted by molar-refractivity contribution is -0.118. The van der Waals surface area contributed by atoms with Crippen molar-refractivity contribution in [2.45, 2.75) is 50.3 Å². The first-order valence-electron chi connectivity index (χ1n) is 9.70. The molecule has 2 rings (SSSR count). The van der Waals surface area contributed by atoms with Crippen molar-refractivity contribution >= 4 is 39.2 Å². The number of carbonyl (C=O) groups is 1. The van der Waals surface area contributed by atoms with Crippen LogP contribution < -0.4 is 5.32 Å².